The van der Waals surface area contributed by atoms with Crippen molar-refractivity contribution in [2.75, 3.05) is 6.54 Å². The highest BCUT2D eigenvalue weighted by Gasteiger charge is 2.13. The van der Waals surface area contributed by atoms with E-state index in [2.05, 4.69) is 25.6 Å². The van der Waals surface area contributed by atoms with Gasteiger partial charge in [-0.1, -0.05) is 22.0 Å². The third-order valence-electron chi connectivity index (χ3n) is 3.51. The predicted molar refractivity (Wildman–Crippen MR) is 92.8 cm³/mol. The Morgan fingerprint density at radius 2 is 1.91 bits per heavy atom. The van der Waals surface area contributed by atoms with Crippen LogP contribution in [0.4, 0.5) is 0 Å². The molecule has 0 aliphatic carbocycles. The molecule has 3 rings (SSSR count). The van der Waals surface area contributed by atoms with E-state index in [0.29, 0.717) is 19.4 Å². The summed E-state index contributed by atoms with van der Waals surface area (Å²) in [6, 6.07) is 12.5. The fourth-order valence-corrected chi connectivity index (χ4v) is 3.67. The molecule has 5 nitrogen and oxygen atoms in total. The Kier molecular flexibility index (Phi) is 4.79. The number of aromatic nitrogens is 2. The average molecular weight is 394 g/mol. The van der Waals surface area contributed by atoms with Gasteiger partial charge in [0.25, 0.3) is 0 Å². The zero-order chi connectivity index (χ0) is 16.3. The molecule has 0 spiro atoms. The minimum Gasteiger partial charge on any atom is -0.304 e. The number of nitrogens with one attached hydrogen (secondary N) is 1. The van der Waals surface area contributed by atoms with Gasteiger partial charge in [0.05, 0.1) is 16.6 Å². The molecule has 3 aromatic rings. The van der Waals surface area contributed by atoms with Crippen molar-refractivity contribution in [3.8, 4) is 0 Å². The number of aryl methyl sites for hydroxylation is 1. The third-order valence-corrected chi connectivity index (χ3v) is 5.51. The van der Waals surface area contributed by atoms with E-state index in [0.717, 1.165) is 15.8 Å². The highest BCUT2D eigenvalue weighted by molar-refractivity contribution is 9.10. The molecule has 0 saturated heterocycles. The molecule has 7 heteroatoms. The zero-order valence-electron chi connectivity index (χ0n) is 12.3. The number of hydrogen-bond donors (Lipinski definition) is 1. The van der Waals surface area contributed by atoms with Gasteiger partial charge in [-0.3, -0.25) is 0 Å². The van der Waals surface area contributed by atoms with E-state index in [4.69, 9.17) is 0 Å². The Morgan fingerprint density at radius 3 is 2.70 bits per heavy atom. The number of imidazole rings is 1. The summed E-state index contributed by atoms with van der Waals surface area (Å²) in [7, 11) is -3.46. The average Bonchev–Trinajstić information content (AvgIpc) is 2.95. The van der Waals surface area contributed by atoms with Crippen LogP contribution in [0.2, 0.25) is 0 Å². The monoisotopic (exact) mass is 393 g/mol. The summed E-state index contributed by atoms with van der Waals surface area (Å²) >= 11 is 3.29. The van der Waals surface area contributed by atoms with E-state index >= 15 is 0 Å². The minimum absolute atomic E-state index is 0.270. The molecule has 0 saturated carbocycles. The van der Waals surface area contributed by atoms with Crippen LogP contribution in [-0.4, -0.2) is 24.3 Å². The number of hydrogen-bond acceptors (Lipinski definition) is 3. The number of fused-ring (bicyclic) bond motifs is 1. The van der Waals surface area contributed by atoms with Crippen molar-refractivity contribution < 1.29 is 8.42 Å². The summed E-state index contributed by atoms with van der Waals surface area (Å²) in [5, 5.41) is 0. The summed E-state index contributed by atoms with van der Waals surface area (Å²) in [5.74, 6) is 0.934. The Morgan fingerprint density at radius 1 is 1.13 bits per heavy atom. The SMILES string of the molecule is O=S(=O)(NCCCc1ncc2ccccn12)c1ccc(Br)cc1. The van der Waals surface area contributed by atoms with Crippen LogP contribution < -0.4 is 4.72 Å². The zero-order valence-corrected chi connectivity index (χ0v) is 14.7. The van der Waals surface area contributed by atoms with Gasteiger partial charge in [0, 0.05) is 23.6 Å². The van der Waals surface area contributed by atoms with Gasteiger partial charge >= 0.3 is 0 Å². The molecule has 0 bridgehead atoms. The molecule has 0 aliphatic heterocycles. The summed E-state index contributed by atoms with van der Waals surface area (Å²) in [4.78, 5) is 4.65. The van der Waals surface area contributed by atoms with E-state index in [9.17, 15) is 8.42 Å². The Balaban J connectivity index is 1.58. The molecule has 120 valence electrons. The van der Waals surface area contributed by atoms with E-state index in [1.54, 1.807) is 24.3 Å². The van der Waals surface area contributed by atoms with Crippen molar-refractivity contribution in [3.05, 3.63) is 65.2 Å². The van der Waals surface area contributed by atoms with Crippen LogP contribution in [0, 0.1) is 0 Å². The van der Waals surface area contributed by atoms with Crippen LogP contribution >= 0.6 is 15.9 Å². The van der Waals surface area contributed by atoms with Gasteiger partial charge in [-0.2, -0.15) is 0 Å². The first kappa shape index (κ1) is 16.2. The van der Waals surface area contributed by atoms with Crippen LogP contribution in [-0.2, 0) is 16.4 Å². The molecule has 2 aromatic heterocycles. The van der Waals surface area contributed by atoms with Crippen molar-refractivity contribution in [1.82, 2.24) is 14.1 Å². The number of benzene rings is 1. The first-order valence-corrected chi connectivity index (χ1v) is 9.50. The molecule has 1 N–H and O–H groups in total. The standard InChI is InChI=1S/C16H16BrN3O2S/c17-13-6-8-15(9-7-13)23(21,22)19-10-3-5-16-18-12-14-4-1-2-11-20(14)16/h1-2,4,6-9,11-12,19H,3,5,10H2. The second-order valence-electron chi connectivity index (χ2n) is 5.13. The van der Waals surface area contributed by atoms with Crippen molar-refractivity contribution in [3.63, 3.8) is 0 Å². The first-order chi connectivity index (χ1) is 11.1. The smallest absolute Gasteiger partial charge is 0.240 e. The fourth-order valence-electron chi connectivity index (χ4n) is 2.33. The van der Waals surface area contributed by atoms with Crippen LogP contribution in [0.15, 0.2) is 64.2 Å². The van der Waals surface area contributed by atoms with E-state index < -0.39 is 10.0 Å². The molecule has 2 heterocycles. The summed E-state index contributed by atoms with van der Waals surface area (Å²) in [5.41, 5.74) is 1.04. The van der Waals surface area contributed by atoms with Crippen molar-refractivity contribution in [2.45, 2.75) is 17.7 Å². The lowest BCUT2D eigenvalue weighted by Crippen LogP contribution is -2.25. The summed E-state index contributed by atoms with van der Waals surface area (Å²) in [6.07, 6.45) is 5.18. The first-order valence-electron chi connectivity index (χ1n) is 7.22. The van der Waals surface area contributed by atoms with Gasteiger partial charge in [-0.25, -0.2) is 18.1 Å². The minimum atomic E-state index is -3.46. The Hall–Kier alpha value is -1.70. The van der Waals surface area contributed by atoms with Gasteiger partial charge in [-0.15, -0.1) is 0 Å². The third kappa shape index (κ3) is 3.80. The van der Waals surface area contributed by atoms with E-state index in [-0.39, 0.29) is 4.90 Å². The largest absolute Gasteiger partial charge is 0.304 e. The molecule has 0 amide bonds. The normalized spacial score (nSPS) is 11.9. The second kappa shape index (κ2) is 6.82. The topological polar surface area (TPSA) is 63.5 Å². The summed E-state index contributed by atoms with van der Waals surface area (Å²) < 4.78 is 29.8. The molecule has 0 aliphatic rings. The number of halogens is 1. The highest BCUT2D eigenvalue weighted by atomic mass is 79.9. The number of sulfonamides is 1. The molecular formula is C16H16BrN3O2S. The molecule has 0 radical (unpaired) electrons. The lowest BCUT2D eigenvalue weighted by atomic mass is 10.3. The van der Waals surface area contributed by atoms with Crippen molar-refractivity contribution in [2.24, 2.45) is 0 Å². The van der Waals surface area contributed by atoms with Crippen LogP contribution in [0.1, 0.15) is 12.2 Å². The highest BCUT2D eigenvalue weighted by Crippen LogP contribution is 2.14. The number of pyridine rings is 1. The molecule has 1 aromatic carbocycles. The molecule has 0 atom stereocenters. The molecule has 0 fully saturated rings. The Labute approximate surface area is 143 Å². The van der Waals surface area contributed by atoms with Gasteiger partial charge in [0.2, 0.25) is 10.0 Å². The number of rotatable bonds is 6. The maximum Gasteiger partial charge on any atom is 0.240 e. The van der Waals surface area contributed by atoms with E-state index in [1.807, 2.05) is 35.0 Å². The van der Waals surface area contributed by atoms with Gasteiger partial charge in [0.1, 0.15) is 5.82 Å². The molecule has 23 heavy (non-hydrogen) atoms. The van der Waals surface area contributed by atoms with Crippen molar-refractivity contribution in [1.29, 1.82) is 0 Å². The van der Waals surface area contributed by atoms with Crippen LogP contribution in [0.25, 0.3) is 5.52 Å². The van der Waals surface area contributed by atoms with Crippen molar-refractivity contribution >= 4 is 31.5 Å². The second-order valence-corrected chi connectivity index (χ2v) is 7.81. The lowest BCUT2D eigenvalue weighted by Gasteiger charge is -2.07. The quantitative estimate of drug-likeness (QED) is 0.654. The molecule has 0 unspecified atom stereocenters. The van der Waals surface area contributed by atoms with Crippen LogP contribution in [0.3, 0.4) is 0 Å². The molecular weight excluding hydrogens is 378 g/mol. The maximum atomic E-state index is 12.2. The number of nitrogens with zero attached hydrogens (tertiary/aromatic N) is 2. The lowest BCUT2D eigenvalue weighted by molar-refractivity contribution is 0.578. The summed E-state index contributed by atoms with van der Waals surface area (Å²) in [6.45, 7) is 0.375. The van der Waals surface area contributed by atoms with E-state index in [1.165, 1.54) is 0 Å². The predicted octanol–water partition coefficient (Wildman–Crippen LogP) is 3.01. The maximum absolute atomic E-state index is 12.2. The van der Waals surface area contributed by atoms with Gasteiger partial charge in [0.15, 0.2) is 0 Å². The van der Waals surface area contributed by atoms with Crippen LogP contribution in [0.5, 0.6) is 0 Å². The Bertz CT molecular complexity index is 904. The van der Waals surface area contributed by atoms with Gasteiger partial charge < -0.3 is 4.40 Å². The fraction of sp³-hybridized carbons (Fsp3) is 0.188. The van der Waals surface area contributed by atoms with Gasteiger partial charge in [-0.05, 0) is 42.8 Å².